The van der Waals surface area contributed by atoms with Crippen LogP contribution in [0, 0.1) is 6.92 Å². The maximum absolute atomic E-state index is 12.9. The van der Waals surface area contributed by atoms with Gasteiger partial charge in [-0.3, -0.25) is 9.10 Å². The third-order valence-electron chi connectivity index (χ3n) is 4.71. The first-order chi connectivity index (χ1) is 13.7. The van der Waals surface area contributed by atoms with E-state index >= 15 is 0 Å². The Balaban J connectivity index is 1.77. The molecule has 154 valence electrons. The van der Waals surface area contributed by atoms with E-state index in [1.807, 2.05) is 0 Å². The first-order valence-electron chi connectivity index (χ1n) is 9.05. The second-order valence-corrected chi connectivity index (χ2v) is 9.46. The molecule has 1 aliphatic carbocycles. The average molecular weight is 437 g/mol. The number of nitrogens with one attached hydrogen (secondary N) is 1. The summed E-state index contributed by atoms with van der Waals surface area (Å²) in [5.74, 6) is -1.55. The summed E-state index contributed by atoms with van der Waals surface area (Å²) in [7, 11) is -3.68. The van der Waals surface area contributed by atoms with Crippen molar-refractivity contribution < 1.29 is 23.1 Å². The Morgan fingerprint density at radius 2 is 1.90 bits per heavy atom. The molecule has 0 atom stereocenters. The zero-order valence-corrected chi connectivity index (χ0v) is 17.3. The molecular formula is C20H21ClN2O5S. The van der Waals surface area contributed by atoms with E-state index in [1.165, 1.54) is 12.1 Å². The van der Waals surface area contributed by atoms with E-state index in [9.17, 15) is 18.0 Å². The number of aromatic carboxylic acids is 1. The fourth-order valence-corrected chi connectivity index (χ4v) is 4.96. The minimum absolute atomic E-state index is 0.0891. The monoisotopic (exact) mass is 436 g/mol. The average Bonchev–Trinajstić information content (AvgIpc) is 3.53. The van der Waals surface area contributed by atoms with Crippen molar-refractivity contribution in [3.05, 3.63) is 64.2 Å². The Kier molecular flexibility index (Phi) is 6.14. The molecule has 0 aliphatic heterocycles. The molecule has 2 aromatic rings. The molecule has 0 radical (unpaired) electrons. The molecule has 0 saturated heterocycles. The zero-order chi connectivity index (χ0) is 21.2. The standard InChI is InChI=1S/C20H21ClN2O5S/c1-13-17(21)6-3-7-18(13)23(29(27,28)16-8-9-16)12-19(24)22-11-14-4-2-5-15(10-14)20(25)26/h2-7,10,16H,8-9,11-12H2,1H3,(H,22,24)(H,25,26). The zero-order valence-electron chi connectivity index (χ0n) is 15.8. The van der Waals surface area contributed by atoms with E-state index in [0.717, 1.165) is 4.31 Å². The highest BCUT2D eigenvalue weighted by atomic mass is 35.5. The number of hydrogen-bond acceptors (Lipinski definition) is 4. The van der Waals surface area contributed by atoms with E-state index in [2.05, 4.69) is 5.32 Å². The van der Waals surface area contributed by atoms with Gasteiger partial charge in [0.05, 0.1) is 16.5 Å². The number of carboxylic acid groups (broad SMARTS) is 1. The molecule has 3 rings (SSSR count). The summed E-state index contributed by atoms with van der Waals surface area (Å²) in [6.07, 6.45) is 1.14. The molecule has 0 heterocycles. The summed E-state index contributed by atoms with van der Waals surface area (Å²) < 4.78 is 27.0. The highest BCUT2D eigenvalue weighted by Gasteiger charge is 2.41. The number of amides is 1. The first-order valence-corrected chi connectivity index (χ1v) is 10.9. The van der Waals surface area contributed by atoms with Crippen molar-refractivity contribution in [1.29, 1.82) is 0 Å². The van der Waals surface area contributed by atoms with Gasteiger partial charge in [-0.15, -0.1) is 0 Å². The van der Waals surface area contributed by atoms with Gasteiger partial charge in [0.15, 0.2) is 0 Å². The number of hydrogen-bond donors (Lipinski definition) is 2. The first kappa shape index (κ1) is 21.1. The van der Waals surface area contributed by atoms with Crippen molar-refractivity contribution in [2.24, 2.45) is 0 Å². The Morgan fingerprint density at radius 3 is 2.55 bits per heavy atom. The summed E-state index contributed by atoms with van der Waals surface area (Å²) in [5, 5.41) is 11.7. The largest absolute Gasteiger partial charge is 0.478 e. The van der Waals surface area contributed by atoms with E-state index < -0.39 is 27.1 Å². The number of anilines is 1. The summed E-state index contributed by atoms with van der Waals surface area (Å²) in [5.41, 5.74) is 1.69. The summed E-state index contributed by atoms with van der Waals surface area (Å²) in [6, 6.07) is 11.1. The lowest BCUT2D eigenvalue weighted by Crippen LogP contribution is -2.42. The Bertz CT molecular complexity index is 1050. The molecular weight excluding hydrogens is 416 g/mol. The minimum Gasteiger partial charge on any atom is -0.478 e. The van der Waals surface area contributed by atoms with Crippen LogP contribution in [0.1, 0.15) is 34.3 Å². The highest BCUT2D eigenvalue weighted by Crippen LogP contribution is 2.36. The predicted molar refractivity (Wildman–Crippen MR) is 111 cm³/mol. The molecule has 0 spiro atoms. The number of carbonyl (C=O) groups is 2. The molecule has 2 N–H and O–H groups in total. The molecule has 29 heavy (non-hydrogen) atoms. The fraction of sp³-hybridized carbons (Fsp3) is 0.300. The van der Waals surface area contributed by atoms with Gasteiger partial charge in [0.1, 0.15) is 6.54 Å². The van der Waals surface area contributed by atoms with Gasteiger partial charge in [0, 0.05) is 11.6 Å². The molecule has 2 aromatic carbocycles. The third-order valence-corrected chi connectivity index (χ3v) is 7.37. The van der Waals surface area contributed by atoms with E-state index in [4.69, 9.17) is 16.7 Å². The van der Waals surface area contributed by atoms with Crippen molar-refractivity contribution in [3.8, 4) is 0 Å². The van der Waals surface area contributed by atoms with Crippen LogP contribution >= 0.6 is 11.6 Å². The number of benzene rings is 2. The second-order valence-electron chi connectivity index (χ2n) is 6.92. The van der Waals surface area contributed by atoms with Crippen LogP contribution in [0.2, 0.25) is 5.02 Å². The number of halogens is 1. The van der Waals surface area contributed by atoms with Gasteiger partial charge in [-0.05, 0) is 55.2 Å². The molecule has 0 bridgehead atoms. The van der Waals surface area contributed by atoms with Crippen molar-refractivity contribution in [1.82, 2.24) is 5.32 Å². The van der Waals surface area contributed by atoms with Crippen molar-refractivity contribution in [2.45, 2.75) is 31.6 Å². The van der Waals surface area contributed by atoms with Crippen LogP contribution in [0.4, 0.5) is 5.69 Å². The van der Waals surface area contributed by atoms with E-state index in [1.54, 1.807) is 37.3 Å². The van der Waals surface area contributed by atoms with Crippen molar-refractivity contribution in [2.75, 3.05) is 10.8 Å². The number of nitrogens with zero attached hydrogens (tertiary/aromatic N) is 1. The van der Waals surface area contributed by atoms with Crippen LogP contribution in [0.5, 0.6) is 0 Å². The molecule has 1 fully saturated rings. The van der Waals surface area contributed by atoms with Gasteiger partial charge in [-0.1, -0.05) is 29.8 Å². The number of carbonyl (C=O) groups excluding carboxylic acids is 1. The normalized spacial score (nSPS) is 13.7. The van der Waals surface area contributed by atoms with Crippen LogP contribution in [-0.2, 0) is 21.4 Å². The third kappa shape index (κ3) is 4.89. The molecule has 1 saturated carbocycles. The number of sulfonamides is 1. The minimum atomic E-state index is -3.68. The van der Waals surface area contributed by atoms with Crippen LogP contribution in [0.15, 0.2) is 42.5 Å². The lowest BCUT2D eigenvalue weighted by Gasteiger charge is -2.26. The predicted octanol–water partition coefficient (Wildman–Crippen LogP) is 2.96. The van der Waals surface area contributed by atoms with Gasteiger partial charge in [-0.2, -0.15) is 0 Å². The van der Waals surface area contributed by atoms with Gasteiger partial charge >= 0.3 is 5.97 Å². The summed E-state index contributed by atoms with van der Waals surface area (Å²) in [6.45, 7) is 1.42. The summed E-state index contributed by atoms with van der Waals surface area (Å²) >= 11 is 6.15. The van der Waals surface area contributed by atoms with Crippen molar-refractivity contribution >= 4 is 39.2 Å². The molecule has 1 aliphatic rings. The molecule has 7 nitrogen and oxygen atoms in total. The smallest absolute Gasteiger partial charge is 0.335 e. The van der Waals surface area contributed by atoms with Gasteiger partial charge in [0.2, 0.25) is 15.9 Å². The summed E-state index contributed by atoms with van der Waals surface area (Å²) in [4.78, 5) is 23.6. The Labute approximate surface area is 174 Å². The topological polar surface area (TPSA) is 104 Å². The second kappa shape index (κ2) is 8.42. The highest BCUT2D eigenvalue weighted by molar-refractivity contribution is 7.93. The van der Waals surface area contributed by atoms with Crippen LogP contribution in [-0.4, -0.2) is 37.2 Å². The lowest BCUT2D eigenvalue weighted by molar-refractivity contribution is -0.119. The SMILES string of the molecule is Cc1c(Cl)cccc1N(CC(=O)NCc1cccc(C(=O)O)c1)S(=O)(=O)C1CC1. The molecule has 0 unspecified atom stereocenters. The number of rotatable bonds is 8. The van der Waals surface area contributed by atoms with Crippen LogP contribution in [0.25, 0.3) is 0 Å². The van der Waals surface area contributed by atoms with Gasteiger partial charge in [-0.25, -0.2) is 13.2 Å². The van der Waals surface area contributed by atoms with E-state index in [0.29, 0.717) is 34.7 Å². The molecule has 0 aromatic heterocycles. The maximum atomic E-state index is 12.9. The lowest BCUT2D eigenvalue weighted by atomic mass is 10.1. The Morgan fingerprint density at radius 1 is 1.21 bits per heavy atom. The quantitative estimate of drug-likeness (QED) is 0.662. The maximum Gasteiger partial charge on any atom is 0.335 e. The van der Waals surface area contributed by atoms with Crippen LogP contribution in [0.3, 0.4) is 0 Å². The van der Waals surface area contributed by atoms with Crippen LogP contribution < -0.4 is 9.62 Å². The van der Waals surface area contributed by atoms with E-state index in [-0.39, 0.29) is 18.7 Å². The fourth-order valence-electron chi connectivity index (χ4n) is 2.93. The Hall–Kier alpha value is -2.58. The van der Waals surface area contributed by atoms with Gasteiger partial charge in [0.25, 0.3) is 0 Å². The number of carboxylic acids is 1. The molecule has 1 amide bonds. The molecule has 9 heteroatoms. The van der Waals surface area contributed by atoms with Gasteiger partial charge < -0.3 is 10.4 Å². The van der Waals surface area contributed by atoms with Crippen molar-refractivity contribution in [3.63, 3.8) is 0 Å².